The molecule has 0 saturated carbocycles. The van der Waals surface area contributed by atoms with E-state index < -0.39 is 0 Å². The summed E-state index contributed by atoms with van der Waals surface area (Å²) < 4.78 is 0.807. The summed E-state index contributed by atoms with van der Waals surface area (Å²) in [4.78, 5) is 0. The molecule has 4 heteroatoms. The van der Waals surface area contributed by atoms with E-state index in [1.165, 1.54) is 25.7 Å². The van der Waals surface area contributed by atoms with E-state index in [-0.39, 0.29) is 37.2 Å². The van der Waals surface area contributed by atoms with Crippen LogP contribution in [0.25, 0.3) is 5.57 Å². The largest absolute Gasteiger partial charge is 1.00 e. The van der Waals surface area contributed by atoms with Crippen LogP contribution in [0.2, 0.25) is 4.22 Å². The Bertz CT molecular complexity index is 456. The molecular weight excluding hydrogens is 334 g/mol. The van der Waals surface area contributed by atoms with Crippen molar-refractivity contribution in [2.24, 2.45) is 0 Å². The van der Waals surface area contributed by atoms with Crippen molar-refractivity contribution in [3.05, 3.63) is 41.0 Å². The molecule has 0 saturated heterocycles. The van der Waals surface area contributed by atoms with Gasteiger partial charge in [0.15, 0.2) is 0 Å². The normalized spacial score (nSPS) is 23.5. The van der Waals surface area contributed by atoms with Gasteiger partial charge in [0.2, 0.25) is 0 Å². The molecule has 0 bridgehead atoms. The van der Waals surface area contributed by atoms with E-state index in [0.717, 1.165) is 10.1 Å². The molecule has 0 amide bonds. The van der Waals surface area contributed by atoms with Crippen molar-refractivity contribution >= 4 is 5.57 Å². The van der Waals surface area contributed by atoms with Gasteiger partial charge in [0.1, 0.15) is 0 Å². The van der Waals surface area contributed by atoms with E-state index in [1.54, 1.807) is 22.3 Å². The van der Waals surface area contributed by atoms with Gasteiger partial charge in [0.05, 0.1) is 0 Å². The van der Waals surface area contributed by atoms with Crippen LogP contribution in [0.5, 0.6) is 0 Å². The minimum absolute atomic E-state index is 0. The third-order valence-electron chi connectivity index (χ3n) is 4.09. The fraction of sp³-hybridized carbons (Fsp3) is 0.467. The van der Waals surface area contributed by atoms with E-state index in [1.807, 2.05) is 0 Å². The van der Waals surface area contributed by atoms with Crippen LogP contribution >= 0.6 is 0 Å². The van der Waals surface area contributed by atoms with Crippen LogP contribution in [0.3, 0.4) is 0 Å². The molecule has 0 spiro atoms. The van der Waals surface area contributed by atoms with Gasteiger partial charge in [0.25, 0.3) is 0 Å². The fourth-order valence-electron chi connectivity index (χ4n) is 3.42. The number of allylic oxidation sites excluding steroid dienone is 2. The first-order chi connectivity index (χ1) is 7.83. The molecule has 3 rings (SSSR count). The first-order valence-corrected chi connectivity index (χ1v) is 7.26. The predicted molar refractivity (Wildman–Crippen MR) is 64.0 cm³/mol. The van der Waals surface area contributed by atoms with Crippen molar-refractivity contribution in [2.45, 2.75) is 42.7 Å². The van der Waals surface area contributed by atoms with Crippen LogP contribution in [0.1, 0.15) is 49.7 Å². The minimum Gasteiger partial charge on any atom is -1.00 e. The zero-order valence-corrected chi connectivity index (χ0v) is 14.8. The van der Waals surface area contributed by atoms with Gasteiger partial charge in [-0.3, -0.25) is 0 Å². The van der Waals surface area contributed by atoms with Crippen molar-refractivity contribution in [3.8, 4) is 0 Å². The van der Waals surface area contributed by atoms with E-state index in [0.29, 0.717) is 0 Å². The Hall–Kier alpha value is 0.544. The van der Waals surface area contributed by atoms with Crippen LogP contribution in [-0.4, -0.2) is 0 Å². The summed E-state index contributed by atoms with van der Waals surface area (Å²) in [6, 6.07) is 9.07. The van der Waals surface area contributed by atoms with Gasteiger partial charge in [0, 0.05) is 0 Å². The molecule has 0 N–H and O–H groups in total. The van der Waals surface area contributed by atoms with Crippen LogP contribution in [-0.2, 0) is 20.4 Å². The summed E-state index contributed by atoms with van der Waals surface area (Å²) in [6.07, 6.45) is 5.35. The average Bonchev–Trinajstić information content (AvgIpc) is 2.65. The second-order valence-corrected chi connectivity index (χ2v) is 6.02. The predicted octanol–water partition coefficient (Wildman–Crippen LogP) is -4.52. The standard InChI is InChI=1S/C15H17.3ClH.Ti/c1-2-11-12-7-3-5-9-14(12)15-10-6-4-8-13(11)15;;;;/h3,5,7-9,11H,2,4,6,10H2,1H3;3*1H;/q;;;;+3/p-3. The Morgan fingerprint density at radius 3 is 2.53 bits per heavy atom. The average molecular weight is 352 g/mol. The zero-order valence-electron chi connectivity index (χ0n) is 10.9. The summed E-state index contributed by atoms with van der Waals surface area (Å²) in [5.41, 5.74) is 6.64. The smallest absolute Gasteiger partial charge is 1.00 e. The van der Waals surface area contributed by atoms with Crippen molar-refractivity contribution < 1.29 is 57.7 Å². The summed E-state index contributed by atoms with van der Waals surface area (Å²) in [5.74, 6) is 0.724. The van der Waals surface area contributed by atoms with Gasteiger partial charge in [-0.1, -0.05) is 0 Å². The van der Waals surface area contributed by atoms with E-state index in [9.17, 15) is 0 Å². The van der Waals surface area contributed by atoms with Crippen molar-refractivity contribution in [1.82, 2.24) is 0 Å². The maximum Gasteiger partial charge on any atom is -1.00 e. The Kier molecular flexibility index (Phi) is 8.33. The number of rotatable bonds is 1. The van der Waals surface area contributed by atoms with E-state index in [4.69, 9.17) is 0 Å². The zero-order chi connectivity index (χ0) is 11.1. The molecular formula is C15H17Cl3Ti. The second kappa shape index (κ2) is 8.10. The van der Waals surface area contributed by atoms with E-state index >= 15 is 0 Å². The number of halogens is 3. The summed E-state index contributed by atoms with van der Waals surface area (Å²) in [5, 5.41) is 0. The SMILES string of the molecule is CCC1C2=C(CCC[CH]2[Ti+3])c2ccccc21.[Cl-].[Cl-].[Cl-]. The molecule has 102 valence electrons. The van der Waals surface area contributed by atoms with Gasteiger partial charge < -0.3 is 37.2 Å². The number of benzene rings is 1. The summed E-state index contributed by atoms with van der Waals surface area (Å²) >= 11 is 2.42. The van der Waals surface area contributed by atoms with Gasteiger partial charge in [-0.25, -0.2) is 0 Å². The molecule has 0 nitrogen and oxygen atoms in total. The van der Waals surface area contributed by atoms with Crippen molar-refractivity contribution in [2.75, 3.05) is 0 Å². The third kappa shape index (κ3) is 3.25. The molecule has 2 aliphatic carbocycles. The van der Waals surface area contributed by atoms with Crippen LogP contribution in [0.4, 0.5) is 0 Å². The molecule has 2 aliphatic rings. The molecule has 2 unspecified atom stereocenters. The molecule has 0 aromatic heterocycles. The number of hydrogen-bond donors (Lipinski definition) is 0. The summed E-state index contributed by atoms with van der Waals surface area (Å²) in [7, 11) is 0. The van der Waals surface area contributed by atoms with Crippen molar-refractivity contribution in [1.29, 1.82) is 0 Å². The Morgan fingerprint density at radius 1 is 1.16 bits per heavy atom. The topological polar surface area (TPSA) is 0 Å². The van der Waals surface area contributed by atoms with E-state index in [2.05, 4.69) is 51.6 Å². The molecule has 0 fully saturated rings. The Balaban J connectivity index is 0.00000108. The van der Waals surface area contributed by atoms with Gasteiger partial charge in [-0.15, -0.1) is 0 Å². The van der Waals surface area contributed by atoms with Crippen LogP contribution in [0.15, 0.2) is 29.8 Å². The molecule has 2 atom stereocenters. The molecule has 1 aromatic rings. The quantitative estimate of drug-likeness (QED) is 0.448. The summed E-state index contributed by atoms with van der Waals surface area (Å²) in [6.45, 7) is 2.33. The number of hydrogen-bond acceptors (Lipinski definition) is 0. The third-order valence-corrected chi connectivity index (χ3v) is 5.02. The van der Waals surface area contributed by atoms with Gasteiger partial charge in [-0.05, 0) is 0 Å². The molecule has 0 heterocycles. The fourth-order valence-corrected chi connectivity index (χ4v) is 4.32. The van der Waals surface area contributed by atoms with Gasteiger partial charge in [-0.2, -0.15) is 0 Å². The van der Waals surface area contributed by atoms with Crippen LogP contribution < -0.4 is 37.2 Å². The number of fused-ring (bicyclic) bond motifs is 2. The Morgan fingerprint density at radius 2 is 1.84 bits per heavy atom. The van der Waals surface area contributed by atoms with Crippen molar-refractivity contribution in [3.63, 3.8) is 0 Å². The first kappa shape index (κ1) is 19.5. The monoisotopic (exact) mass is 350 g/mol. The Labute approximate surface area is 146 Å². The molecule has 19 heavy (non-hydrogen) atoms. The first-order valence-electron chi connectivity index (χ1n) is 6.36. The second-order valence-electron chi connectivity index (χ2n) is 4.93. The maximum atomic E-state index is 2.42. The molecule has 1 aromatic carbocycles. The molecule has 0 aliphatic heterocycles. The maximum absolute atomic E-state index is 2.42. The minimum atomic E-state index is 0. The van der Waals surface area contributed by atoms with Gasteiger partial charge >= 0.3 is 110 Å². The van der Waals surface area contributed by atoms with Crippen LogP contribution in [0, 0.1) is 0 Å². The molecule has 0 radical (unpaired) electrons.